The summed E-state index contributed by atoms with van der Waals surface area (Å²) in [4.78, 5) is 14.0. The van der Waals surface area contributed by atoms with E-state index in [4.69, 9.17) is 4.74 Å². The number of nitrogens with zero attached hydrogens (tertiary/aromatic N) is 1. The highest BCUT2D eigenvalue weighted by Crippen LogP contribution is 2.16. The fraction of sp³-hybridized carbons (Fsp3) is 0.400. The summed E-state index contributed by atoms with van der Waals surface area (Å²) in [5.74, 6) is -0.338. The molecule has 1 aromatic rings. The zero-order valence-electron chi connectivity index (χ0n) is 11.2. The van der Waals surface area contributed by atoms with Crippen molar-refractivity contribution in [3.63, 3.8) is 0 Å². The molecule has 1 fully saturated rings. The summed E-state index contributed by atoms with van der Waals surface area (Å²) < 4.78 is 18.4. The van der Waals surface area contributed by atoms with Crippen molar-refractivity contribution in [3.8, 4) is 0 Å². The van der Waals surface area contributed by atoms with E-state index in [0.717, 1.165) is 11.1 Å². The van der Waals surface area contributed by atoms with Crippen LogP contribution in [0.3, 0.4) is 0 Å². The quantitative estimate of drug-likeness (QED) is 0.767. The molecule has 2 rings (SSSR count). The zero-order valence-corrected chi connectivity index (χ0v) is 11.2. The smallest absolute Gasteiger partial charge is 0.247 e. The average Bonchev–Trinajstić information content (AvgIpc) is 2.39. The van der Waals surface area contributed by atoms with Crippen molar-refractivity contribution in [3.05, 3.63) is 41.7 Å². The number of amides is 1. The minimum absolute atomic E-state index is 0.0439. The van der Waals surface area contributed by atoms with Gasteiger partial charge in [0.2, 0.25) is 5.91 Å². The minimum Gasteiger partial charge on any atom is -0.377 e. The van der Waals surface area contributed by atoms with E-state index in [2.05, 4.69) is 0 Å². The Balaban J connectivity index is 2.13. The van der Waals surface area contributed by atoms with Gasteiger partial charge in [-0.3, -0.25) is 4.79 Å². The van der Waals surface area contributed by atoms with Gasteiger partial charge in [0.15, 0.2) is 0 Å². The number of halogens is 1. The molecule has 1 aliphatic heterocycles. The molecule has 3 nitrogen and oxygen atoms in total. The van der Waals surface area contributed by atoms with Crippen molar-refractivity contribution in [2.24, 2.45) is 0 Å². The second kappa shape index (κ2) is 5.97. The summed E-state index contributed by atoms with van der Waals surface area (Å²) in [7, 11) is 0. The Morgan fingerprint density at radius 1 is 1.53 bits per heavy atom. The fourth-order valence-corrected chi connectivity index (χ4v) is 2.14. The molecule has 0 saturated carbocycles. The predicted octanol–water partition coefficient (Wildman–Crippen LogP) is 2.48. The van der Waals surface area contributed by atoms with Crippen LogP contribution in [0.25, 0.3) is 5.57 Å². The molecule has 1 aromatic carbocycles. The Morgan fingerprint density at radius 3 is 3.00 bits per heavy atom. The molecule has 0 aliphatic carbocycles. The van der Waals surface area contributed by atoms with Gasteiger partial charge in [-0.2, -0.15) is 0 Å². The maximum absolute atomic E-state index is 13.1. The largest absolute Gasteiger partial charge is 0.377 e. The molecule has 19 heavy (non-hydrogen) atoms. The molecular formula is C15H18FNO2. The lowest BCUT2D eigenvalue weighted by Gasteiger charge is -2.32. The number of hydrogen-bond acceptors (Lipinski definition) is 2. The molecule has 1 amide bonds. The van der Waals surface area contributed by atoms with Crippen molar-refractivity contribution in [2.75, 3.05) is 19.8 Å². The molecule has 0 bridgehead atoms. The lowest BCUT2D eigenvalue weighted by atomic mass is 10.1. The third kappa shape index (κ3) is 3.41. The molecule has 1 saturated heterocycles. The predicted molar refractivity (Wildman–Crippen MR) is 72.0 cm³/mol. The Kier molecular flexibility index (Phi) is 4.32. The van der Waals surface area contributed by atoms with Gasteiger partial charge in [-0.05, 0) is 37.1 Å². The Bertz CT molecular complexity index is 499. The van der Waals surface area contributed by atoms with Gasteiger partial charge in [-0.1, -0.05) is 12.1 Å². The summed E-state index contributed by atoms with van der Waals surface area (Å²) in [6.07, 6.45) is 1.57. The number of morpholine rings is 1. The standard InChI is InChI=1S/C15H18FNO2/c1-11(13-4-3-5-14(16)9-13)8-15(18)17-6-7-19-10-12(17)2/h3-5,8-9,12H,6-7,10H2,1-2H3/b11-8-/t12-/m0/s1. The van der Waals surface area contributed by atoms with E-state index in [9.17, 15) is 9.18 Å². The van der Waals surface area contributed by atoms with Crippen LogP contribution in [0.15, 0.2) is 30.3 Å². The van der Waals surface area contributed by atoms with Crippen molar-refractivity contribution >= 4 is 11.5 Å². The molecule has 1 aliphatic rings. The number of hydrogen-bond donors (Lipinski definition) is 0. The van der Waals surface area contributed by atoms with E-state index < -0.39 is 0 Å². The summed E-state index contributed by atoms with van der Waals surface area (Å²) in [6.45, 7) is 5.52. The van der Waals surface area contributed by atoms with E-state index in [1.165, 1.54) is 12.1 Å². The van der Waals surface area contributed by atoms with Gasteiger partial charge in [0.25, 0.3) is 0 Å². The highest BCUT2D eigenvalue weighted by Gasteiger charge is 2.22. The van der Waals surface area contributed by atoms with Crippen LogP contribution in [0, 0.1) is 5.82 Å². The number of ether oxygens (including phenoxy) is 1. The van der Waals surface area contributed by atoms with Gasteiger partial charge >= 0.3 is 0 Å². The van der Waals surface area contributed by atoms with Crippen molar-refractivity contribution in [1.82, 2.24) is 4.90 Å². The Morgan fingerprint density at radius 2 is 2.32 bits per heavy atom. The van der Waals surface area contributed by atoms with Gasteiger partial charge in [0.05, 0.1) is 19.3 Å². The van der Waals surface area contributed by atoms with Crippen LogP contribution >= 0.6 is 0 Å². The van der Waals surface area contributed by atoms with Crippen molar-refractivity contribution < 1.29 is 13.9 Å². The number of rotatable bonds is 2. The van der Waals surface area contributed by atoms with Gasteiger partial charge in [-0.15, -0.1) is 0 Å². The van der Waals surface area contributed by atoms with E-state index in [1.54, 1.807) is 23.1 Å². The molecule has 0 spiro atoms. The highest BCUT2D eigenvalue weighted by molar-refractivity contribution is 5.95. The molecule has 0 radical (unpaired) electrons. The summed E-state index contributed by atoms with van der Waals surface area (Å²) >= 11 is 0. The molecule has 1 atom stereocenters. The lowest BCUT2D eigenvalue weighted by Crippen LogP contribution is -2.46. The number of carbonyl (C=O) groups excluding carboxylic acids is 1. The first-order valence-corrected chi connectivity index (χ1v) is 6.40. The number of carbonyl (C=O) groups is 1. The number of benzene rings is 1. The second-order valence-electron chi connectivity index (χ2n) is 4.79. The van der Waals surface area contributed by atoms with Gasteiger partial charge < -0.3 is 9.64 Å². The molecule has 1 heterocycles. The molecule has 4 heteroatoms. The first kappa shape index (κ1) is 13.7. The topological polar surface area (TPSA) is 29.5 Å². The first-order chi connectivity index (χ1) is 9.08. The van der Waals surface area contributed by atoms with Crippen LogP contribution in [0.5, 0.6) is 0 Å². The first-order valence-electron chi connectivity index (χ1n) is 6.40. The van der Waals surface area contributed by atoms with Crippen LogP contribution in [0.1, 0.15) is 19.4 Å². The van der Waals surface area contributed by atoms with E-state index >= 15 is 0 Å². The van der Waals surface area contributed by atoms with Crippen molar-refractivity contribution in [1.29, 1.82) is 0 Å². The van der Waals surface area contributed by atoms with E-state index in [1.807, 2.05) is 13.8 Å². The SMILES string of the molecule is C/C(=C/C(=O)N1CCOC[C@@H]1C)c1cccc(F)c1. The molecule has 0 unspecified atom stereocenters. The van der Waals surface area contributed by atoms with Crippen LogP contribution in [0.4, 0.5) is 4.39 Å². The summed E-state index contributed by atoms with van der Waals surface area (Å²) in [5, 5.41) is 0. The lowest BCUT2D eigenvalue weighted by molar-refractivity contribution is -0.133. The molecule has 0 aromatic heterocycles. The maximum Gasteiger partial charge on any atom is 0.247 e. The Labute approximate surface area is 112 Å². The van der Waals surface area contributed by atoms with Gasteiger partial charge in [0.1, 0.15) is 5.82 Å². The third-order valence-corrected chi connectivity index (χ3v) is 3.27. The summed E-state index contributed by atoms with van der Waals surface area (Å²) in [5.41, 5.74) is 1.50. The highest BCUT2D eigenvalue weighted by atomic mass is 19.1. The molecule has 102 valence electrons. The van der Waals surface area contributed by atoms with E-state index in [-0.39, 0.29) is 17.8 Å². The van der Waals surface area contributed by atoms with Gasteiger partial charge in [0, 0.05) is 12.6 Å². The summed E-state index contributed by atoms with van der Waals surface area (Å²) in [6, 6.07) is 6.34. The van der Waals surface area contributed by atoms with Crippen molar-refractivity contribution in [2.45, 2.75) is 19.9 Å². The normalized spacial score (nSPS) is 20.5. The monoisotopic (exact) mass is 263 g/mol. The zero-order chi connectivity index (χ0) is 13.8. The molecular weight excluding hydrogens is 245 g/mol. The minimum atomic E-state index is -0.294. The fourth-order valence-electron chi connectivity index (χ4n) is 2.14. The Hall–Kier alpha value is -1.68. The number of allylic oxidation sites excluding steroid dienone is 1. The van der Waals surface area contributed by atoms with Gasteiger partial charge in [-0.25, -0.2) is 4.39 Å². The van der Waals surface area contributed by atoms with Crippen LogP contribution in [-0.4, -0.2) is 36.6 Å². The third-order valence-electron chi connectivity index (χ3n) is 3.27. The second-order valence-corrected chi connectivity index (χ2v) is 4.79. The van der Waals surface area contributed by atoms with Crippen LogP contribution in [0.2, 0.25) is 0 Å². The van der Waals surface area contributed by atoms with Crippen LogP contribution < -0.4 is 0 Å². The maximum atomic E-state index is 13.1. The average molecular weight is 263 g/mol. The van der Waals surface area contributed by atoms with E-state index in [0.29, 0.717) is 19.8 Å². The van der Waals surface area contributed by atoms with Crippen LogP contribution in [-0.2, 0) is 9.53 Å². The molecule has 0 N–H and O–H groups in total.